The van der Waals surface area contributed by atoms with Gasteiger partial charge >= 0.3 is 5.97 Å². The molecular formula is C93H129N3O10. The van der Waals surface area contributed by atoms with Gasteiger partial charge in [0.2, 0.25) is 5.75 Å². The number of imide groups is 2. The molecule has 7 aromatic rings. The van der Waals surface area contributed by atoms with E-state index in [1.165, 1.54) is 275 Å². The van der Waals surface area contributed by atoms with Crippen molar-refractivity contribution in [2.75, 3.05) is 46.1 Å². The van der Waals surface area contributed by atoms with Crippen LogP contribution in [0.25, 0.3) is 43.1 Å². The molecule has 576 valence electrons. The van der Waals surface area contributed by atoms with Crippen LogP contribution in [0.15, 0.2) is 91.0 Å². The van der Waals surface area contributed by atoms with Crippen molar-refractivity contribution in [1.29, 1.82) is 0 Å². The van der Waals surface area contributed by atoms with Crippen LogP contribution >= 0.6 is 0 Å². The second-order valence-corrected chi connectivity index (χ2v) is 30.6. The molecule has 0 aromatic heterocycles. The van der Waals surface area contributed by atoms with Crippen LogP contribution in [0.5, 0.6) is 17.2 Å². The number of carbonyl (C=O) groups is 6. The van der Waals surface area contributed by atoms with Gasteiger partial charge in [-0.3, -0.25) is 38.6 Å². The van der Waals surface area contributed by atoms with E-state index in [0.717, 1.165) is 66.7 Å². The van der Waals surface area contributed by atoms with E-state index in [9.17, 15) is 28.8 Å². The number of nitrogens with one attached hydrogen (secondary N) is 1. The number of rotatable bonds is 59. The smallest absolute Gasteiger partial charge is 0.305 e. The van der Waals surface area contributed by atoms with E-state index in [-0.39, 0.29) is 65.7 Å². The van der Waals surface area contributed by atoms with Crippen molar-refractivity contribution in [3.63, 3.8) is 0 Å². The van der Waals surface area contributed by atoms with Gasteiger partial charge in [-0.05, 0) is 106 Å². The molecule has 106 heavy (non-hydrogen) atoms. The lowest BCUT2D eigenvalue weighted by Gasteiger charge is -2.31. The summed E-state index contributed by atoms with van der Waals surface area (Å²) in [5.74, 6) is -1.75. The highest BCUT2D eigenvalue weighted by atomic mass is 16.5. The Balaban J connectivity index is 0.791. The predicted octanol–water partition coefficient (Wildman–Crippen LogP) is 24.5. The van der Waals surface area contributed by atoms with Crippen LogP contribution in [0, 0.1) is 0 Å². The fourth-order valence-electron chi connectivity index (χ4n) is 16.0. The molecule has 0 spiro atoms. The molecule has 0 aliphatic carbocycles. The van der Waals surface area contributed by atoms with Gasteiger partial charge in [-0.1, -0.05) is 326 Å². The van der Waals surface area contributed by atoms with Crippen LogP contribution in [0.3, 0.4) is 0 Å². The average molecular weight is 1450 g/mol. The van der Waals surface area contributed by atoms with E-state index in [4.69, 9.17) is 18.9 Å². The van der Waals surface area contributed by atoms with Crippen LogP contribution in [0.4, 0.5) is 0 Å². The first kappa shape index (κ1) is 82.5. The second-order valence-electron chi connectivity index (χ2n) is 30.6. The Kier molecular flexibility index (Phi) is 36.3. The summed E-state index contributed by atoms with van der Waals surface area (Å²) in [6, 6.07) is 28.9. The standard InChI is InChI=1S/C93H129N3O10/c1-4-7-10-13-16-19-22-25-28-31-34-37-40-43-65-103-81-69-75(70-82(104-66-44-41-38-35-32-29-26-23-20-17-14-11-8-5-2)88(81)106-67-45-42-39-36-33-30-27-24-21-18-15-12-9-6-3)89(98)94-62-63-95-90(99)77-58-60-79-87-80(61-59-78(86(77)87)91(95)100)93(102)96(92(79)101)64-68-105-83(97)51-47-48-71-52-53-74-55-54-72-49-46-50-73-56-57-76(71)85(74)84(72)73/h46,49-50,52-61,69-70H,4-45,47-48,51,62-68H2,1-3H3,(H,94,98). The zero-order valence-electron chi connectivity index (χ0n) is 65.4. The highest BCUT2D eigenvalue weighted by Crippen LogP contribution is 2.42. The Labute approximate surface area is 635 Å². The Hall–Kier alpha value is -7.54. The minimum Gasteiger partial charge on any atom is -0.490 e. The van der Waals surface area contributed by atoms with Gasteiger partial charge in [-0.15, -0.1) is 0 Å². The average Bonchev–Trinajstić information content (AvgIpc) is 0.718. The Morgan fingerprint density at radius 2 is 0.698 bits per heavy atom. The van der Waals surface area contributed by atoms with Gasteiger partial charge in [0.05, 0.1) is 26.4 Å². The lowest BCUT2D eigenvalue weighted by Crippen LogP contribution is -2.46. The molecule has 0 bridgehead atoms. The monoisotopic (exact) mass is 1450 g/mol. The minimum absolute atomic E-state index is 0.0510. The van der Waals surface area contributed by atoms with Crippen LogP contribution in [-0.2, 0) is 16.0 Å². The first-order chi connectivity index (χ1) is 52.1. The van der Waals surface area contributed by atoms with Crippen molar-refractivity contribution in [3.05, 3.63) is 124 Å². The summed E-state index contributed by atoms with van der Waals surface area (Å²) in [5, 5.41) is 10.7. The van der Waals surface area contributed by atoms with E-state index in [1.807, 2.05) is 0 Å². The predicted molar refractivity (Wildman–Crippen MR) is 435 cm³/mol. The molecule has 2 aliphatic rings. The normalized spacial score (nSPS) is 12.9. The molecule has 1 N–H and O–H groups in total. The highest BCUT2D eigenvalue weighted by Gasteiger charge is 2.40. The quantitative estimate of drug-likeness (QED) is 0.0168. The fraction of sp³-hybridized carbons (Fsp3) is 0.591. The number of hydrogen-bond donors (Lipinski definition) is 1. The summed E-state index contributed by atoms with van der Waals surface area (Å²) in [5.41, 5.74) is 2.19. The van der Waals surface area contributed by atoms with Crippen LogP contribution in [-0.4, -0.2) is 91.4 Å². The number of hydrogen-bond acceptors (Lipinski definition) is 10. The maximum absolute atomic E-state index is 14.5. The number of ether oxygens (including phenoxy) is 4. The van der Waals surface area contributed by atoms with Crippen LogP contribution in [0.1, 0.15) is 361 Å². The molecule has 0 saturated heterocycles. The van der Waals surface area contributed by atoms with Crippen molar-refractivity contribution in [2.45, 2.75) is 310 Å². The molecule has 0 radical (unpaired) electrons. The molecule has 7 aromatic carbocycles. The lowest BCUT2D eigenvalue weighted by atomic mass is 9.86. The molecule has 9 rings (SSSR count). The first-order valence-corrected chi connectivity index (χ1v) is 42.6. The third-order valence-corrected chi connectivity index (χ3v) is 22.2. The first-order valence-electron chi connectivity index (χ1n) is 42.6. The van der Waals surface area contributed by atoms with Crippen molar-refractivity contribution < 1.29 is 47.7 Å². The summed E-state index contributed by atoms with van der Waals surface area (Å²) >= 11 is 0. The van der Waals surface area contributed by atoms with E-state index in [2.05, 4.69) is 80.7 Å². The molecule has 13 nitrogen and oxygen atoms in total. The molecule has 0 saturated carbocycles. The van der Waals surface area contributed by atoms with Gasteiger partial charge in [0.25, 0.3) is 29.5 Å². The summed E-state index contributed by atoms with van der Waals surface area (Å²) in [6.07, 6.45) is 54.4. The Morgan fingerprint density at radius 1 is 0.349 bits per heavy atom. The Morgan fingerprint density at radius 3 is 1.10 bits per heavy atom. The minimum atomic E-state index is -0.604. The SMILES string of the molecule is CCCCCCCCCCCCCCCCOc1cc(C(=O)NCCN2C(=O)c3ccc4c5c(ccc(c35)C2=O)C(=O)N(CCOC(=O)CCCc2ccc3ccc5cccc6ccc2c3c56)C4=O)cc(OCCCCCCCCCCCCCCCC)c1OCCCCCCCCCCCCCCCC. The number of aryl methyl sites for hydroxylation is 1. The van der Waals surface area contributed by atoms with E-state index >= 15 is 0 Å². The topological polar surface area (TPSA) is 158 Å². The van der Waals surface area contributed by atoms with Crippen molar-refractivity contribution >= 4 is 78.6 Å². The van der Waals surface area contributed by atoms with E-state index in [0.29, 0.717) is 55.5 Å². The zero-order chi connectivity index (χ0) is 74.3. The van der Waals surface area contributed by atoms with Crippen LogP contribution in [0.2, 0.25) is 0 Å². The summed E-state index contributed by atoms with van der Waals surface area (Å²) in [4.78, 5) is 87.1. The summed E-state index contributed by atoms with van der Waals surface area (Å²) < 4.78 is 25.6. The molecule has 0 atom stereocenters. The largest absolute Gasteiger partial charge is 0.490 e. The van der Waals surface area contributed by atoms with Crippen molar-refractivity contribution in [2.24, 2.45) is 0 Å². The van der Waals surface area contributed by atoms with Crippen LogP contribution < -0.4 is 19.5 Å². The molecule has 2 aliphatic heterocycles. The third kappa shape index (κ3) is 24.7. The van der Waals surface area contributed by atoms with Gasteiger partial charge in [0.15, 0.2) is 11.5 Å². The van der Waals surface area contributed by atoms with Gasteiger partial charge in [0.1, 0.15) is 6.61 Å². The number of amides is 5. The lowest BCUT2D eigenvalue weighted by molar-refractivity contribution is -0.144. The van der Waals surface area contributed by atoms with Crippen molar-refractivity contribution in [1.82, 2.24) is 15.1 Å². The number of esters is 1. The number of nitrogens with zero attached hydrogens (tertiary/aromatic N) is 2. The Bertz CT molecular complexity index is 3710. The molecule has 0 fully saturated rings. The molecule has 2 heterocycles. The summed E-state index contributed by atoms with van der Waals surface area (Å²) in [6.45, 7) is 7.73. The fourth-order valence-corrected chi connectivity index (χ4v) is 16.0. The highest BCUT2D eigenvalue weighted by molar-refractivity contribution is 6.33. The van der Waals surface area contributed by atoms with E-state index in [1.54, 1.807) is 12.1 Å². The zero-order valence-corrected chi connectivity index (χ0v) is 65.4. The molecule has 5 amide bonds. The maximum atomic E-state index is 14.5. The maximum Gasteiger partial charge on any atom is 0.305 e. The van der Waals surface area contributed by atoms with Crippen molar-refractivity contribution in [3.8, 4) is 17.2 Å². The number of unbranched alkanes of at least 4 members (excludes halogenated alkanes) is 39. The van der Waals surface area contributed by atoms with Gasteiger partial charge in [-0.2, -0.15) is 0 Å². The molecule has 13 heteroatoms. The van der Waals surface area contributed by atoms with E-state index < -0.39 is 35.5 Å². The van der Waals surface area contributed by atoms with Gasteiger partial charge < -0.3 is 24.3 Å². The third-order valence-electron chi connectivity index (χ3n) is 22.2. The summed E-state index contributed by atoms with van der Waals surface area (Å²) in [7, 11) is 0. The number of benzene rings is 7. The van der Waals surface area contributed by atoms with Gasteiger partial charge in [0, 0.05) is 58.1 Å². The number of carbonyl (C=O) groups excluding carboxylic acids is 6. The van der Waals surface area contributed by atoms with Gasteiger partial charge in [-0.25, -0.2) is 0 Å². The molecular weight excluding hydrogens is 1320 g/mol. The second kappa shape index (κ2) is 46.6. The molecule has 0 unspecified atom stereocenters.